The van der Waals surface area contributed by atoms with Crippen molar-refractivity contribution in [3.05, 3.63) is 23.9 Å². The Morgan fingerprint density at radius 3 is 2.04 bits per heavy atom. The summed E-state index contributed by atoms with van der Waals surface area (Å²) in [5.74, 6) is 1.08. The lowest BCUT2D eigenvalue weighted by Gasteiger charge is -2.30. The van der Waals surface area contributed by atoms with Crippen LogP contribution >= 0.6 is 0 Å². The lowest BCUT2D eigenvalue weighted by molar-refractivity contribution is -0.111. The van der Waals surface area contributed by atoms with E-state index >= 15 is 0 Å². The number of aromatic nitrogens is 1. The highest BCUT2D eigenvalue weighted by Crippen LogP contribution is 2.20. The number of aldehydes is 2. The fourth-order valence-corrected chi connectivity index (χ4v) is 1.92. The van der Waals surface area contributed by atoms with Gasteiger partial charge >= 0.3 is 0 Å². The van der Waals surface area contributed by atoms with Crippen LogP contribution in [0.4, 0.5) is 5.82 Å². The minimum atomic E-state index is 0.0417. The van der Waals surface area contributed by atoms with Crippen molar-refractivity contribution in [3.63, 3.8) is 0 Å². The summed E-state index contributed by atoms with van der Waals surface area (Å²) in [4.78, 5) is 27.5. The third kappa shape index (κ3) is 8.77. The van der Waals surface area contributed by atoms with Gasteiger partial charge in [-0.15, -0.1) is 0 Å². The van der Waals surface area contributed by atoms with Gasteiger partial charge in [0, 0.05) is 37.9 Å². The maximum atomic E-state index is 10.6. The van der Waals surface area contributed by atoms with Crippen LogP contribution in [0, 0.1) is 5.92 Å². The van der Waals surface area contributed by atoms with Gasteiger partial charge in [-0.2, -0.15) is 0 Å². The summed E-state index contributed by atoms with van der Waals surface area (Å²) in [7, 11) is 1.71. The average molecular weight is 336 g/mol. The van der Waals surface area contributed by atoms with Gasteiger partial charge in [0.05, 0.1) is 5.60 Å². The van der Waals surface area contributed by atoms with Gasteiger partial charge in [0.2, 0.25) is 0 Å². The Bertz CT molecular complexity index is 458. The smallest absolute Gasteiger partial charge is 0.151 e. The zero-order chi connectivity index (χ0) is 18.6. The van der Waals surface area contributed by atoms with Crippen molar-refractivity contribution in [2.45, 2.75) is 53.1 Å². The van der Waals surface area contributed by atoms with E-state index in [1.54, 1.807) is 19.4 Å². The number of carbonyl (C=O) groups excluding carboxylic acids is 2. The SMILES string of the molecule is CC.COC(C)(C)C.O=Cc1ccc(N2CCC(C=O)CC2)nc1. The molecule has 1 aliphatic heterocycles. The summed E-state index contributed by atoms with van der Waals surface area (Å²) in [6, 6.07) is 3.62. The molecule has 5 heteroatoms. The second-order valence-electron chi connectivity index (χ2n) is 6.34. The molecule has 1 aromatic rings. The molecule has 0 aromatic carbocycles. The first kappa shape index (κ1) is 22.2. The summed E-state index contributed by atoms with van der Waals surface area (Å²) < 4.78 is 4.94. The van der Waals surface area contributed by atoms with E-state index < -0.39 is 0 Å². The van der Waals surface area contributed by atoms with Crippen LogP contribution in [0.25, 0.3) is 0 Å². The van der Waals surface area contributed by atoms with E-state index in [2.05, 4.69) is 9.88 Å². The van der Waals surface area contributed by atoms with Crippen LogP contribution in [-0.2, 0) is 9.53 Å². The molecule has 1 aliphatic rings. The third-order valence-corrected chi connectivity index (χ3v) is 3.58. The molecule has 0 saturated carbocycles. The van der Waals surface area contributed by atoms with Crippen LogP contribution in [0.15, 0.2) is 18.3 Å². The van der Waals surface area contributed by atoms with Crippen LogP contribution in [0.5, 0.6) is 0 Å². The lowest BCUT2D eigenvalue weighted by Crippen LogP contribution is -2.34. The first-order valence-electron chi connectivity index (χ1n) is 8.56. The summed E-state index contributed by atoms with van der Waals surface area (Å²) in [5.41, 5.74) is 0.631. The summed E-state index contributed by atoms with van der Waals surface area (Å²) >= 11 is 0. The van der Waals surface area contributed by atoms with Crippen molar-refractivity contribution in [2.75, 3.05) is 25.1 Å². The number of methoxy groups -OCH3 is 1. The molecule has 0 radical (unpaired) electrons. The molecule has 1 aromatic heterocycles. The van der Waals surface area contributed by atoms with Crippen LogP contribution in [0.3, 0.4) is 0 Å². The Balaban J connectivity index is 0.000000563. The monoisotopic (exact) mass is 336 g/mol. The van der Waals surface area contributed by atoms with Crippen LogP contribution in [-0.4, -0.2) is 43.4 Å². The average Bonchev–Trinajstić information content (AvgIpc) is 2.63. The lowest BCUT2D eigenvalue weighted by atomic mass is 9.99. The van der Waals surface area contributed by atoms with E-state index in [0.717, 1.165) is 44.3 Å². The number of hydrogen-bond donors (Lipinski definition) is 0. The van der Waals surface area contributed by atoms with Gasteiger partial charge in [0.15, 0.2) is 6.29 Å². The predicted octanol–water partition coefficient (Wildman–Crippen LogP) is 3.77. The number of piperidine rings is 1. The molecule has 0 unspecified atom stereocenters. The normalized spacial score (nSPS) is 14.7. The van der Waals surface area contributed by atoms with Crippen molar-refractivity contribution in [3.8, 4) is 0 Å². The summed E-state index contributed by atoms with van der Waals surface area (Å²) in [6.07, 6.45) is 5.19. The van der Waals surface area contributed by atoms with Crippen molar-refractivity contribution in [2.24, 2.45) is 5.92 Å². The Morgan fingerprint density at radius 1 is 1.17 bits per heavy atom. The molecule has 136 valence electrons. The highest BCUT2D eigenvalue weighted by molar-refractivity contribution is 5.74. The highest BCUT2D eigenvalue weighted by atomic mass is 16.5. The van der Waals surface area contributed by atoms with Crippen molar-refractivity contribution in [1.82, 2.24) is 4.98 Å². The Kier molecular flexibility index (Phi) is 10.9. The third-order valence-electron chi connectivity index (χ3n) is 3.58. The molecule has 5 nitrogen and oxygen atoms in total. The molecule has 0 N–H and O–H groups in total. The molecule has 0 bridgehead atoms. The topological polar surface area (TPSA) is 59.5 Å². The number of carbonyl (C=O) groups is 2. The van der Waals surface area contributed by atoms with Gasteiger partial charge in [0.1, 0.15) is 12.1 Å². The molecule has 0 spiro atoms. The van der Waals surface area contributed by atoms with E-state index in [-0.39, 0.29) is 11.5 Å². The van der Waals surface area contributed by atoms with Gasteiger partial charge in [-0.05, 0) is 45.7 Å². The van der Waals surface area contributed by atoms with Gasteiger partial charge in [-0.3, -0.25) is 4.79 Å². The first-order chi connectivity index (χ1) is 11.4. The number of nitrogens with zero attached hydrogens (tertiary/aromatic N) is 2. The van der Waals surface area contributed by atoms with Gasteiger partial charge in [-0.1, -0.05) is 13.8 Å². The number of pyridine rings is 1. The van der Waals surface area contributed by atoms with E-state index in [1.807, 2.05) is 40.7 Å². The van der Waals surface area contributed by atoms with E-state index in [9.17, 15) is 9.59 Å². The Labute approximate surface area is 146 Å². The van der Waals surface area contributed by atoms with Crippen LogP contribution in [0.1, 0.15) is 57.8 Å². The van der Waals surface area contributed by atoms with E-state index in [4.69, 9.17) is 4.74 Å². The maximum absolute atomic E-state index is 10.6. The zero-order valence-corrected chi connectivity index (χ0v) is 15.9. The molecule has 2 rings (SSSR count). The number of rotatable bonds is 3. The fourth-order valence-electron chi connectivity index (χ4n) is 1.92. The first-order valence-corrected chi connectivity index (χ1v) is 8.56. The predicted molar refractivity (Wildman–Crippen MR) is 98.7 cm³/mol. The van der Waals surface area contributed by atoms with Gasteiger partial charge in [-0.25, -0.2) is 4.98 Å². The molecule has 0 aliphatic carbocycles. The van der Waals surface area contributed by atoms with Gasteiger partial charge in [0.25, 0.3) is 0 Å². The van der Waals surface area contributed by atoms with Crippen LogP contribution in [0.2, 0.25) is 0 Å². The molecule has 0 amide bonds. The molecule has 1 saturated heterocycles. The largest absolute Gasteiger partial charge is 0.379 e. The summed E-state index contributed by atoms with van der Waals surface area (Å²) in [6.45, 7) is 11.8. The van der Waals surface area contributed by atoms with E-state index in [1.165, 1.54) is 0 Å². The molecule has 24 heavy (non-hydrogen) atoms. The minimum Gasteiger partial charge on any atom is -0.379 e. The Morgan fingerprint density at radius 2 is 1.71 bits per heavy atom. The number of hydrogen-bond acceptors (Lipinski definition) is 5. The zero-order valence-electron chi connectivity index (χ0n) is 15.9. The minimum absolute atomic E-state index is 0.0417. The Hall–Kier alpha value is -1.75. The standard InChI is InChI=1S/C12H14N2O2.C5H12O.C2H6/c15-8-10-3-5-14(6-4-10)12-2-1-11(9-16)7-13-12;1-5(2,3)6-4;1-2/h1-2,7-10H,3-6H2;1-4H3;1-2H3. The molecule has 1 fully saturated rings. The molecular formula is C19H32N2O3. The second kappa shape index (κ2) is 11.7. The number of ether oxygens (including phenoxy) is 1. The summed E-state index contributed by atoms with van der Waals surface area (Å²) in [5, 5.41) is 0. The van der Waals surface area contributed by atoms with Crippen molar-refractivity contribution < 1.29 is 14.3 Å². The molecule has 0 atom stereocenters. The van der Waals surface area contributed by atoms with E-state index in [0.29, 0.717) is 5.56 Å². The van der Waals surface area contributed by atoms with Crippen molar-refractivity contribution in [1.29, 1.82) is 0 Å². The molecule has 2 heterocycles. The number of anilines is 1. The quantitative estimate of drug-likeness (QED) is 0.786. The van der Waals surface area contributed by atoms with Gasteiger partial charge < -0.3 is 14.4 Å². The maximum Gasteiger partial charge on any atom is 0.151 e. The second-order valence-corrected chi connectivity index (χ2v) is 6.34. The molecular weight excluding hydrogens is 304 g/mol. The van der Waals surface area contributed by atoms with Crippen molar-refractivity contribution >= 4 is 18.4 Å². The van der Waals surface area contributed by atoms with Crippen LogP contribution < -0.4 is 4.90 Å². The fraction of sp³-hybridized carbons (Fsp3) is 0.632. The highest BCUT2D eigenvalue weighted by Gasteiger charge is 2.19.